The first-order chi connectivity index (χ1) is 12.5. The largest absolute Gasteiger partial charge is 0.435 e. The summed E-state index contributed by atoms with van der Waals surface area (Å²) >= 11 is 6.08. The Morgan fingerprint density at radius 2 is 1.85 bits per heavy atom. The Hall–Kier alpha value is -3.00. The van der Waals surface area contributed by atoms with Crippen molar-refractivity contribution < 1.29 is 13.5 Å². The van der Waals surface area contributed by atoms with Crippen molar-refractivity contribution in [3.63, 3.8) is 0 Å². The zero-order valence-corrected chi connectivity index (χ0v) is 14.0. The molecule has 0 radical (unpaired) electrons. The van der Waals surface area contributed by atoms with Gasteiger partial charge in [-0.05, 0) is 35.9 Å². The molecule has 0 unspecified atom stereocenters. The molecule has 3 aromatic rings. The van der Waals surface area contributed by atoms with Crippen LogP contribution in [0.4, 0.5) is 20.4 Å². The van der Waals surface area contributed by atoms with Gasteiger partial charge < -0.3 is 10.1 Å². The van der Waals surface area contributed by atoms with E-state index in [1.54, 1.807) is 18.2 Å². The fraction of sp³-hybridized carbons (Fsp3) is 0.118. The van der Waals surface area contributed by atoms with E-state index in [0.29, 0.717) is 10.7 Å². The van der Waals surface area contributed by atoms with Crippen LogP contribution < -0.4 is 15.6 Å². The van der Waals surface area contributed by atoms with Gasteiger partial charge in [0.05, 0.1) is 0 Å². The number of nitrogens with one attached hydrogen (secondary N) is 2. The van der Waals surface area contributed by atoms with Crippen molar-refractivity contribution in [2.75, 3.05) is 5.32 Å². The summed E-state index contributed by atoms with van der Waals surface area (Å²) in [5, 5.41) is 11.2. The molecule has 0 saturated carbocycles. The second-order valence-electron chi connectivity index (χ2n) is 5.25. The molecule has 0 aliphatic carbocycles. The van der Waals surface area contributed by atoms with Gasteiger partial charge in [-0.2, -0.15) is 8.78 Å². The van der Waals surface area contributed by atoms with Gasteiger partial charge in [-0.15, -0.1) is 10.2 Å². The number of anilines is 2. The summed E-state index contributed by atoms with van der Waals surface area (Å²) in [6.45, 7) is -2.89. The molecule has 3 rings (SSSR count). The van der Waals surface area contributed by atoms with Gasteiger partial charge in [0.2, 0.25) is 5.95 Å². The standard InChI is InChI=1S/C17H13ClF2N4O2/c18-13-4-2-1-3-10(13)9-14-15(25)22-17(24-23-14)21-11-5-7-12(8-6-11)26-16(19)20/h1-8,16H,9H2,(H2,21,22,24,25). The van der Waals surface area contributed by atoms with Crippen molar-refractivity contribution in [3.05, 3.63) is 75.2 Å². The number of aromatic amines is 1. The van der Waals surface area contributed by atoms with E-state index < -0.39 is 12.2 Å². The summed E-state index contributed by atoms with van der Waals surface area (Å²) in [6, 6.07) is 12.9. The Morgan fingerprint density at radius 3 is 2.50 bits per heavy atom. The average molecular weight is 379 g/mol. The SMILES string of the molecule is O=c1[nH]c(Nc2ccc(OC(F)F)cc2)nnc1Cc1ccccc1Cl. The highest BCUT2D eigenvalue weighted by Crippen LogP contribution is 2.20. The first-order valence-electron chi connectivity index (χ1n) is 7.52. The zero-order chi connectivity index (χ0) is 18.5. The second kappa shape index (κ2) is 7.92. The van der Waals surface area contributed by atoms with Crippen molar-refractivity contribution in [2.45, 2.75) is 13.0 Å². The van der Waals surface area contributed by atoms with E-state index >= 15 is 0 Å². The smallest absolute Gasteiger partial charge is 0.387 e. The Kier molecular flexibility index (Phi) is 5.43. The quantitative estimate of drug-likeness (QED) is 0.682. The minimum Gasteiger partial charge on any atom is -0.435 e. The van der Waals surface area contributed by atoms with Crippen molar-refractivity contribution in [1.82, 2.24) is 15.2 Å². The van der Waals surface area contributed by atoms with Crippen molar-refractivity contribution in [1.29, 1.82) is 0 Å². The van der Waals surface area contributed by atoms with Crippen LogP contribution >= 0.6 is 11.6 Å². The molecule has 2 aromatic carbocycles. The lowest BCUT2D eigenvalue weighted by atomic mass is 10.1. The van der Waals surface area contributed by atoms with Crippen molar-refractivity contribution in [3.8, 4) is 5.75 Å². The third kappa shape index (κ3) is 4.54. The Labute approximate surface area is 151 Å². The maximum Gasteiger partial charge on any atom is 0.387 e. The minimum atomic E-state index is -2.89. The molecule has 0 aliphatic rings. The number of nitrogens with zero attached hydrogens (tertiary/aromatic N) is 2. The molecule has 0 saturated heterocycles. The summed E-state index contributed by atoms with van der Waals surface area (Å²) in [5.74, 6) is 0.153. The summed E-state index contributed by atoms with van der Waals surface area (Å²) in [5.41, 5.74) is 1.11. The highest BCUT2D eigenvalue weighted by molar-refractivity contribution is 6.31. The van der Waals surface area contributed by atoms with Gasteiger partial charge in [0, 0.05) is 17.1 Å². The summed E-state index contributed by atoms with van der Waals surface area (Å²) in [4.78, 5) is 14.8. The third-order valence-corrected chi connectivity index (χ3v) is 3.79. The van der Waals surface area contributed by atoms with E-state index in [-0.39, 0.29) is 23.8 Å². The van der Waals surface area contributed by atoms with Gasteiger partial charge in [0.25, 0.3) is 5.56 Å². The maximum atomic E-state index is 12.2. The van der Waals surface area contributed by atoms with Crippen molar-refractivity contribution in [2.24, 2.45) is 0 Å². The van der Waals surface area contributed by atoms with E-state index in [0.717, 1.165) is 5.56 Å². The van der Waals surface area contributed by atoms with Gasteiger partial charge in [0.1, 0.15) is 11.4 Å². The molecule has 26 heavy (non-hydrogen) atoms. The van der Waals surface area contributed by atoms with Gasteiger partial charge in [-0.25, -0.2) is 0 Å². The summed E-state index contributed by atoms with van der Waals surface area (Å²) in [7, 11) is 0. The number of hydrogen-bond acceptors (Lipinski definition) is 5. The fourth-order valence-corrected chi connectivity index (χ4v) is 2.41. The molecule has 0 fully saturated rings. The van der Waals surface area contributed by atoms with Crippen LogP contribution in [-0.4, -0.2) is 21.8 Å². The first kappa shape index (κ1) is 17.8. The number of alkyl halides is 2. The van der Waals surface area contributed by atoms with Crippen LogP contribution in [-0.2, 0) is 6.42 Å². The number of H-pyrrole nitrogens is 1. The molecule has 6 nitrogen and oxygen atoms in total. The molecule has 0 spiro atoms. The average Bonchev–Trinajstić information content (AvgIpc) is 2.60. The number of rotatable bonds is 6. The van der Waals surface area contributed by atoms with Gasteiger partial charge in [0.15, 0.2) is 0 Å². The molecular weight excluding hydrogens is 366 g/mol. The first-order valence-corrected chi connectivity index (χ1v) is 7.90. The number of aromatic nitrogens is 3. The minimum absolute atomic E-state index is 0.0280. The van der Waals surface area contributed by atoms with Crippen LogP contribution in [0, 0.1) is 0 Å². The Morgan fingerprint density at radius 1 is 1.12 bits per heavy atom. The van der Waals surface area contributed by atoms with E-state index in [4.69, 9.17) is 11.6 Å². The van der Waals surface area contributed by atoms with Crippen LogP contribution in [0.5, 0.6) is 5.75 Å². The van der Waals surface area contributed by atoms with E-state index in [1.807, 2.05) is 6.07 Å². The molecule has 1 heterocycles. The van der Waals surface area contributed by atoms with Crippen LogP contribution in [0.3, 0.4) is 0 Å². The molecule has 2 N–H and O–H groups in total. The van der Waals surface area contributed by atoms with Gasteiger partial charge >= 0.3 is 6.61 Å². The molecule has 9 heteroatoms. The predicted molar refractivity (Wildman–Crippen MR) is 93.3 cm³/mol. The number of benzene rings is 2. The van der Waals surface area contributed by atoms with Crippen LogP contribution in [0.1, 0.15) is 11.3 Å². The third-order valence-electron chi connectivity index (χ3n) is 3.42. The van der Waals surface area contributed by atoms with Crippen LogP contribution in [0.25, 0.3) is 0 Å². The fourth-order valence-electron chi connectivity index (χ4n) is 2.21. The molecule has 0 aliphatic heterocycles. The van der Waals surface area contributed by atoms with Gasteiger partial charge in [-0.3, -0.25) is 9.78 Å². The lowest BCUT2D eigenvalue weighted by molar-refractivity contribution is -0.0498. The number of hydrogen-bond donors (Lipinski definition) is 2. The topological polar surface area (TPSA) is 79.9 Å². The molecule has 0 amide bonds. The van der Waals surface area contributed by atoms with E-state index in [1.165, 1.54) is 24.3 Å². The Balaban J connectivity index is 1.71. The van der Waals surface area contributed by atoms with Crippen molar-refractivity contribution >= 4 is 23.2 Å². The molecule has 0 bridgehead atoms. The lowest BCUT2D eigenvalue weighted by Crippen LogP contribution is -2.19. The van der Waals surface area contributed by atoms with Gasteiger partial charge in [-0.1, -0.05) is 29.8 Å². The summed E-state index contributed by atoms with van der Waals surface area (Å²) < 4.78 is 28.5. The monoisotopic (exact) mass is 378 g/mol. The van der Waals surface area contributed by atoms with E-state index in [9.17, 15) is 13.6 Å². The van der Waals surface area contributed by atoms with E-state index in [2.05, 4.69) is 25.2 Å². The molecule has 134 valence electrons. The maximum absolute atomic E-state index is 12.2. The van der Waals surface area contributed by atoms with Crippen LogP contribution in [0.15, 0.2) is 53.3 Å². The number of halogens is 3. The lowest BCUT2D eigenvalue weighted by Gasteiger charge is -2.08. The summed E-state index contributed by atoms with van der Waals surface area (Å²) in [6.07, 6.45) is 0.252. The molecular formula is C17H13ClF2N4O2. The number of ether oxygens (including phenoxy) is 1. The highest BCUT2D eigenvalue weighted by Gasteiger charge is 2.09. The predicted octanol–water partition coefficient (Wildman–Crippen LogP) is 3.75. The molecule has 1 aromatic heterocycles. The zero-order valence-electron chi connectivity index (χ0n) is 13.2. The molecule has 0 atom stereocenters. The highest BCUT2D eigenvalue weighted by atomic mass is 35.5. The Bertz CT molecular complexity index is 948. The second-order valence-corrected chi connectivity index (χ2v) is 5.65. The normalized spacial score (nSPS) is 10.8. The van der Waals surface area contributed by atoms with Crippen LogP contribution in [0.2, 0.25) is 5.02 Å².